The summed E-state index contributed by atoms with van der Waals surface area (Å²) in [4.78, 5) is 12.1. The standard InChI is InChI=1S/C13H16N2O3.ClH/c14-10-3-1-2-9(10)13(16)15-8-4-5-11-12(6-8)18-7-17-11;/h4-6,9-10H,1-3,7,14H2,(H,15,16);1H. The summed E-state index contributed by atoms with van der Waals surface area (Å²) in [6.45, 7) is 0.236. The zero-order valence-electron chi connectivity index (χ0n) is 10.4. The Hall–Kier alpha value is -1.46. The Labute approximate surface area is 117 Å². The topological polar surface area (TPSA) is 73.6 Å². The van der Waals surface area contributed by atoms with Crippen LogP contribution in [0.2, 0.25) is 0 Å². The molecule has 5 nitrogen and oxygen atoms in total. The van der Waals surface area contributed by atoms with Crippen molar-refractivity contribution >= 4 is 24.0 Å². The highest BCUT2D eigenvalue weighted by atomic mass is 35.5. The van der Waals surface area contributed by atoms with E-state index in [0.29, 0.717) is 11.5 Å². The maximum absolute atomic E-state index is 12.1. The molecule has 1 aliphatic carbocycles. The molecule has 6 heteroatoms. The van der Waals surface area contributed by atoms with E-state index in [2.05, 4.69) is 5.32 Å². The minimum Gasteiger partial charge on any atom is -0.454 e. The summed E-state index contributed by atoms with van der Waals surface area (Å²) < 4.78 is 10.5. The smallest absolute Gasteiger partial charge is 0.231 e. The van der Waals surface area contributed by atoms with E-state index in [1.54, 1.807) is 12.1 Å². The van der Waals surface area contributed by atoms with Crippen LogP contribution in [-0.4, -0.2) is 18.7 Å². The molecule has 0 radical (unpaired) electrons. The number of nitrogens with two attached hydrogens (primary N) is 1. The Balaban J connectivity index is 0.00000133. The van der Waals surface area contributed by atoms with Gasteiger partial charge in [-0.15, -0.1) is 12.4 Å². The van der Waals surface area contributed by atoms with Crippen molar-refractivity contribution in [3.63, 3.8) is 0 Å². The van der Waals surface area contributed by atoms with Gasteiger partial charge in [-0.2, -0.15) is 0 Å². The van der Waals surface area contributed by atoms with Crippen molar-refractivity contribution in [3.8, 4) is 11.5 Å². The largest absolute Gasteiger partial charge is 0.454 e. The van der Waals surface area contributed by atoms with Gasteiger partial charge >= 0.3 is 0 Å². The molecule has 1 fully saturated rings. The number of hydrogen-bond donors (Lipinski definition) is 2. The predicted octanol–water partition coefficient (Wildman–Crippen LogP) is 1.90. The fraction of sp³-hybridized carbons (Fsp3) is 0.462. The summed E-state index contributed by atoms with van der Waals surface area (Å²) in [6.07, 6.45) is 2.83. The van der Waals surface area contributed by atoms with E-state index >= 15 is 0 Å². The number of anilines is 1. The van der Waals surface area contributed by atoms with Crippen LogP contribution in [0.3, 0.4) is 0 Å². The maximum atomic E-state index is 12.1. The Morgan fingerprint density at radius 2 is 2.05 bits per heavy atom. The van der Waals surface area contributed by atoms with Crippen LogP contribution in [0.5, 0.6) is 11.5 Å². The first-order chi connectivity index (χ1) is 8.74. The minimum absolute atomic E-state index is 0. The lowest BCUT2D eigenvalue weighted by Gasteiger charge is -2.15. The third-order valence-corrected chi connectivity index (χ3v) is 3.55. The van der Waals surface area contributed by atoms with Gasteiger partial charge in [-0.3, -0.25) is 4.79 Å². The molecule has 1 aromatic rings. The SMILES string of the molecule is Cl.NC1CCCC1C(=O)Nc1ccc2c(c1)OCO2. The third-order valence-electron chi connectivity index (χ3n) is 3.55. The van der Waals surface area contributed by atoms with Crippen LogP contribution in [0, 0.1) is 5.92 Å². The van der Waals surface area contributed by atoms with Gasteiger partial charge in [0.1, 0.15) is 0 Å². The van der Waals surface area contributed by atoms with Crippen molar-refractivity contribution in [3.05, 3.63) is 18.2 Å². The molecule has 0 bridgehead atoms. The third kappa shape index (κ3) is 2.77. The van der Waals surface area contributed by atoms with Gasteiger partial charge in [-0.1, -0.05) is 6.42 Å². The Morgan fingerprint density at radius 1 is 1.26 bits per heavy atom. The number of nitrogens with one attached hydrogen (secondary N) is 1. The molecule has 1 saturated carbocycles. The molecule has 2 atom stereocenters. The quantitative estimate of drug-likeness (QED) is 0.870. The summed E-state index contributed by atoms with van der Waals surface area (Å²) in [5.74, 6) is 1.31. The van der Waals surface area contributed by atoms with E-state index in [4.69, 9.17) is 15.2 Å². The molecule has 104 valence electrons. The molecule has 1 amide bonds. The Bertz CT molecular complexity index is 481. The zero-order valence-corrected chi connectivity index (χ0v) is 11.2. The van der Waals surface area contributed by atoms with Crippen LogP contribution >= 0.6 is 12.4 Å². The first-order valence-corrected chi connectivity index (χ1v) is 6.20. The summed E-state index contributed by atoms with van der Waals surface area (Å²) in [5.41, 5.74) is 6.64. The fourth-order valence-electron chi connectivity index (χ4n) is 2.52. The second kappa shape index (κ2) is 5.67. The molecule has 0 aromatic heterocycles. The number of hydrogen-bond acceptors (Lipinski definition) is 4. The second-order valence-electron chi connectivity index (χ2n) is 4.76. The molecule has 1 aliphatic heterocycles. The van der Waals surface area contributed by atoms with Crippen molar-refractivity contribution in [2.24, 2.45) is 11.7 Å². The maximum Gasteiger partial charge on any atom is 0.231 e. The molecule has 19 heavy (non-hydrogen) atoms. The molecule has 2 unspecified atom stereocenters. The van der Waals surface area contributed by atoms with Gasteiger partial charge in [-0.25, -0.2) is 0 Å². The molecule has 0 spiro atoms. The van der Waals surface area contributed by atoms with Gasteiger partial charge < -0.3 is 20.5 Å². The van der Waals surface area contributed by atoms with Crippen LogP contribution < -0.4 is 20.5 Å². The summed E-state index contributed by atoms with van der Waals surface area (Å²) in [6, 6.07) is 5.37. The number of amides is 1. The average Bonchev–Trinajstić information content (AvgIpc) is 2.96. The van der Waals surface area contributed by atoms with E-state index in [1.807, 2.05) is 6.07 Å². The lowest BCUT2D eigenvalue weighted by atomic mass is 10.0. The van der Waals surface area contributed by atoms with E-state index in [0.717, 1.165) is 24.9 Å². The van der Waals surface area contributed by atoms with E-state index in [1.165, 1.54) is 0 Å². The number of benzene rings is 1. The molecule has 1 heterocycles. The van der Waals surface area contributed by atoms with Crippen molar-refractivity contribution in [2.45, 2.75) is 25.3 Å². The van der Waals surface area contributed by atoms with Crippen molar-refractivity contribution in [1.82, 2.24) is 0 Å². The Kier molecular flexibility index (Phi) is 4.17. The van der Waals surface area contributed by atoms with E-state index in [-0.39, 0.29) is 37.1 Å². The summed E-state index contributed by atoms with van der Waals surface area (Å²) >= 11 is 0. The van der Waals surface area contributed by atoms with Crippen LogP contribution in [0.15, 0.2) is 18.2 Å². The van der Waals surface area contributed by atoms with Crippen molar-refractivity contribution in [1.29, 1.82) is 0 Å². The number of carbonyl (C=O) groups excluding carboxylic acids is 1. The zero-order chi connectivity index (χ0) is 12.5. The molecular weight excluding hydrogens is 268 g/mol. The van der Waals surface area contributed by atoms with Gasteiger partial charge in [0.25, 0.3) is 0 Å². The second-order valence-corrected chi connectivity index (χ2v) is 4.76. The van der Waals surface area contributed by atoms with Gasteiger partial charge in [0.05, 0.1) is 5.92 Å². The molecule has 1 aromatic carbocycles. The molecule has 0 saturated heterocycles. The monoisotopic (exact) mass is 284 g/mol. The van der Waals surface area contributed by atoms with Crippen molar-refractivity contribution in [2.75, 3.05) is 12.1 Å². The molecule has 3 N–H and O–H groups in total. The fourth-order valence-corrected chi connectivity index (χ4v) is 2.52. The van der Waals surface area contributed by atoms with Gasteiger partial charge in [-0.05, 0) is 25.0 Å². The lowest BCUT2D eigenvalue weighted by molar-refractivity contribution is -0.120. The number of halogens is 1. The number of carbonyl (C=O) groups is 1. The van der Waals surface area contributed by atoms with E-state index < -0.39 is 0 Å². The highest BCUT2D eigenvalue weighted by molar-refractivity contribution is 5.93. The van der Waals surface area contributed by atoms with Crippen LogP contribution in [0.25, 0.3) is 0 Å². The van der Waals surface area contributed by atoms with Gasteiger partial charge in [0.2, 0.25) is 12.7 Å². The van der Waals surface area contributed by atoms with Crippen LogP contribution in [0.4, 0.5) is 5.69 Å². The minimum atomic E-state index is -0.0737. The highest BCUT2D eigenvalue weighted by Crippen LogP contribution is 2.34. The van der Waals surface area contributed by atoms with Crippen molar-refractivity contribution < 1.29 is 14.3 Å². The van der Waals surface area contributed by atoms with Gasteiger partial charge in [0.15, 0.2) is 11.5 Å². The van der Waals surface area contributed by atoms with E-state index in [9.17, 15) is 4.79 Å². The average molecular weight is 285 g/mol. The lowest BCUT2D eigenvalue weighted by Crippen LogP contribution is -2.34. The molecule has 2 aliphatic rings. The molecular formula is C13H17ClN2O3. The first kappa shape index (κ1) is 14.0. The number of fused-ring (bicyclic) bond motifs is 1. The Morgan fingerprint density at radius 3 is 2.79 bits per heavy atom. The number of rotatable bonds is 2. The van der Waals surface area contributed by atoms with Gasteiger partial charge in [0, 0.05) is 17.8 Å². The predicted molar refractivity (Wildman–Crippen MR) is 73.8 cm³/mol. The number of ether oxygens (including phenoxy) is 2. The normalized spacial score (nSPS) is 23.8. The highest BCUT2D eigenvalue weighted by Gasteiger charge is 2.30. The first-order valence-electron chi connectivity index (χ1n) is 6.20. The molecule has 3 rings (SSSR count). The van der Waals surface area contributed by atoms with Crippen LogP contribution in [-0.2, 0) is 4.79 Å². The van der Waals surface area contributed by atoms with Crippen LogP contribution in [0.1, 0.15) is 19.3 Å². The summed E-state index contributed by atoms with van der Waals surface area (Å²) in [5, 5.41) is 2.89. The summed E-state index contributed by atoms with van der Waals surface area (Å²) in [7, 11) is 0.